The summed E-state index contributed by atoms with van der Waals surface area (Å²) >= 11 is 4.84. The van der Waals surface area contributed by atoms with E-state index >= 15 is 0 Å². The fourth-order valence-corrected chi connectivity index (χ4v) is 2.35. The first kappa shape index (κ1) is 13.0. The van der Waals surface area contributed by atoms with Gasteiger partial charge in [0, 0.05) is 6.42 Å². The first-order chi connectivity index (χ1) is 8.65. The van der Waals surface area contributed by atoms with Crippen molar-refractivity contribution in [1.82, 2.24) is 0 Å². The standard InChI is InChI=1S/C14H17NO2S/c15-13(18)9-10-5-7-11(8-6-10)14(16)17-12-3-1-2-4-12/h5-8,12H,1-4,9H2,(H2,15,18). The molecule has 1 aliphatic carbocycles. The third-order valence-corrected chi connectivity index (χ3v) is 3.29. The van der Waals surface area contributed by atoms with Crippen molar-refractivity contribution >= 4 is 23.2 Å². The van der Waals surface area contributed by atoms with E-state index in [1.165, 1.54) is 0 Å². The Bertz CT molecular complexity index is 436. The van der Waals surface area contributed by atoms with E-state index < -0.39 is 0 Å². The molecule has 0 saturated heterocycles. The normalized spacial score (nSPS) is 15.6. The first-order valence-electron chi connectivity index (χ1n) is 6.23. The number of rotatable bonds is 4. The zero-order chi connectivity index (χ0) is 13.0. The lowest BCUT2D eigenvalue weighted by Gasteiger charge is -2.11. The molecule has 2 N–H and O–H groups in total. The summed E-state index contributed by atoms with van der Waals surface area (Å²) in [5.74, 6) is -0.233. The number of nitrogens with two attached hydrogens (primary N) is 1. The van der Waals surface area contributed by atoms with Crippen LogP contribution in [-0.2, 0) is 11.2 Å². The number of benzene rings is 1. The molecule has 0 spiro atoms. The lowest BCUT2D eigenvalue weighted by Crippen LogP contribution is -2.15. The van der Waals surface area contributed by atoms with Gasteiger partial charge in [-0.3, -0.25) is 0 Å². The van der Waals surface area contributed by atoms with Gasteiger partial charge in [0.2, 0.25) is 0 Å². The number of thiocarbonyl (C=S) groups is 1. The molecule has 1 saturated carbocycles. The Morgan fingerprint density at radius 2 is 1.89 bits per heavy atom. The van der Waals surface area contributed by atoms with Gasteiger partial charge in [-0.1, -0.05) is 24.4 Å². The molecule has 0 atom stereocenters. The second-order valence-electron chi connectivity index (χ2n) is 4.65. The van der Waals surface area contributed by atoms with Crippen LogP contribution in [0.25, 0.3) is 0 Å². The Labute approximate surface area is 112 Å². The molecular weight excluding hydrogens is 246 g/mol. The van der Waals surface area contributed by atoms with Gasteiger partial charge in [0.1, 0.15) is 6.10 Å². The second kappa shape index (κ2) is 5.96. The van der Waals surface area contributed by atoms with Crippen LogP contribution in [-0.4, -0.2) is 17.1 Å². The summed E-state index contributed by atoms with van der Waals surface area (Å²) in [4.78, 5) is 12.3. The summed E-state index contributed by atoms with van der Waals surface area (Å²) < 4.78 is 5.43. The maximum absolute atomic E-state index is 11.9. The molecule has 3 nitrogen and oxygen atoms in total. The number of carbonyl (C=O) groups excluding carboxylic acids is 1. The zero-order valence-corrected chi connectivity index (χ0v) is 11.0. The molecule has 1 fully saturated rings. The van der Waals surface area contributed by atoms with Crippen molar-refractivity contribution < 1.29 is 9.53 Å². The minimum Gasteiger partial charge on any atom is -0.459 e. The number of hydrogen-bond acceptors (Lipinski definition) is 3. The molecule has 4 heteroatoms. The molecule has 0 amide bonds. The minimum atomic E-state index is -0.233. The van der Waals surface area contributed by atoms with Crippen LogP contribution < -0.4 is 5.73 Å². The van der Waals surface area contributed by atoms with Crippen molar-refractivity contribution in [3.05, 3.63) is 35.4 Å². The number of carbonyl (C=O) groups is 1. The zero-order valence-electron chi connectivity index (χ0n) is 10.2. The topological polar surface area (TPSA) is 52.3 Å². The average Bonchev–Trinajstić information content (AvgIpc) is 2.82. The Hall–Kier alpha value is -1.42. The fourth-order valence-electron chi connectivity index (χ4n) is 2.19. The molecule has 1 aromatic carbocycles. The van der Waals surface area contributed by atoms with Crippen molar-refractivity contribution in [1.29, 1.82) is 0 Å². The quantitative estimate of drug-likeness (QED) is 0.670. The summed E-state index contributed by atoms with van der Waals surface area (Å²) in [5, 5.41) is 0. The SMILES string of the molecule is NC(=S)Cc1ccc(C(=O)OC2CCCC2)cc1. The van der Waals surface area contributed by atoms with E-state index in [-0.39, 0.29) is 12.1 Å². The van der Waals surface area contributed by atoms with Gasteiger partial charge < -0.3 is 10.5 Å². The van der Waals surface area contributed by atoms with E-state index in [1.54, 1.807) is 12.1 Å². The number of esters is 1. The van der Waals surface area contributed by atoms with Crippen LogP contribution in [0.3, 0.4) is 0 Å². The molecule has 0 aliphatic heterocycles. The van der Waals surface area contributed by atoms with Gasteiger partial charge in [-0.2, -0.15) is 0 Å². The maximum Gasteiger partial charge on any atom is 0.338 e. The summed E-state index contributed by atoms with van der Waals surface area (Å²) in [5.41, 5.74) is 7.08. The van der Waals surface area contributed by atoms with Crippen LogP contribution in [0, 0.1) is 0 Å². The molecule has 0 unspecified atom stereocenters. The van der Waals surface area contributed by atoms with Gasteiger partial charge in [0.25, 0.3) is 0 Å². The van der Waals surface area contributed by atoms with Crippen LogP contribution in [0.4, 0.5) is 0 Å². The van der Waals surface area contributed by atoms with Crippen molar-refractivity contribution in [2.75, 3.05) is 0 Å². The molecule has 1 aliphatic rings. The molecule has 96 valence electrons. The molecule has 18 heavy (non-hydrogen) atoms. The van der Waals surface area contributed by atoms with Crippen molar-refractivity contribution in [3.63, 3.8) is 0 Å². The van der Waals surface area contributed by atoms with Crippen LogP contribution >= 0.6 is 12.2 Å². The first-order valence-corrected chi connectivity index (χ1v) is 6.64. The monoisotopic (exact) mass is 263 g/mol. The van der Waals surface area contributed by atoms with Crippen molar-refractivity contribution in [3.8, 4) is 0 Å². The Balaban J connectivity index is 1.95. The molecule has 1 aromatic rings. The van der Waals surface area contributed by atoms with Gasteiger partial charge in [0.15, 0.2) is 0 Å². The average molecular weight is 263 g/mol. The smallest absolute Gasteiger partial charge is 0.338 e. The highest BCUT2D eigenvalue weighted by Crippen LogP contribution is 2.22. The molecule has 0 aromatic heterocycles. The largest absolute Gasteiger partial charge is 0.459 e. The summed E-state index contributed by atoms with van der Waals surface area (Å²) in [6.45, 7) is 0. The van der Waals surface area contributed by atoms with Gasteiger partial charge >= 0.3 is 5.97 Å². The van der Waals surface area contributed by atoms with Gasteiger partial charge in [-0.25, -0.2) is 4.79 Å². The van der Waals surface area contributed by atoms with Crippen LogP contribution in [0.15, 0.2) is 24.3 Å². The third kappa shape index (κ3) is 3.53. The van der Waals surface area contributed by atoms with E-state index in [0.717, 1.165) is 31.2 Å². The highest BCUT2D eigenvalue weighted by molar-refractivity contribution is 7.80. The van der Waals surface area contributed by atoms with E-state index in [2.05, 4.69) is 0 Å². The van der Waals surface area contributed by atoms with Crippen LogP contribution in [0.5, 0.6) is 0 Å². The highest BCUT2D eigenvalue weighted by Gasteiger charge is 2.19. The molecule has 2 rings (SSSR count). The predicted molar refractivity (Wildman–Crippen MR) is 74.6 cm³/mol. The molecular formula is C14H17NO2S. The van der Waals surface area contributed by atoms with Gasteiger partial charge in [0.05, 0.1) is 10.6 Å². The van der Waals surface area contributed by atoms with Gasteiger partial charge in [-0.05, 0) is 43.4 Å². The Kier molecular flexibility index (Phi) is 4.31. The number of ether oxygens (including phenoxy) is 1. The van der Waals surface area contributed by atoms with E-state index in [4.69, 9.17) is 22.7 Å². The predicted octanol–water partition coefficient (Wildman–Crippen LogP) is 2.61. The second-order valence-corrected chi connectivity index (χ2v) is 5.18. The van der Waals surface area contributed by atoms with Crippen molar-refractivity contribution in [2.24, 2.45) is 5.73 Å². The van der Waals surface area contributed by atoms with E-state index in [0.29, 0.717) is 17.0 Å². The molecule has 0 heterocycles. The van der Waals surface area contributed by atoms with Crippen LogP contribution in [0.1, 0.15) is 41.6 Å². The molecule has 0 bridgehead atoms. The van der Waals surface area contributed by atoms with Crippen LogP contribution in [0.2, 0.25) is 0 Å². The summed E-state index contributed by atoms with van der Waals surface area (Å²) in [6.07, 6.45) is 4.97. The highest BCUT2D eigenvalue weighted by atomic mass is 32.1. The lowest BCUT2D eigenvalue weighted by molar-refractivity contribution is 0.0318. The number of hydrogen-bond donors (Lipinski definition) is 1. The Morgan fingerprint density at radius 3 is 2.44 bits per heavy atom. The molecule has 0 radical (unpaired) electrons. The van der Waals surface area contributed by atoms with E-state index in [1.807, 2.05) is 12.1 Å². The third-order valence-electron chi connectivity index (χ3n) is 3.14. The van der Waals surface area contributed by atoms with Crippen molar-refractivity contribution in [2.45, 2.75) is 38.2 Å². The maximum atomic E-state index is 11.9. The Morgan fingerprint density at radius 1 is 1.28 bits per heavy atom. The minimum absolute atomic E-state index is 0.105. The lowest BCUT2D eigenvalue weighted by atomic mass is 10.1. The summed E-state index contributed by atoms with van der Waals surface area (Å²) in [7, 11) is 0. The summed E-state index contributed by atoms with van der Waals surface area (Å²) in [6, 6.07) is 7.27. The van der Waals surface area contributed by atoms with E-state index in [9.17, 15) is 4.79 Å². The van der Waals surface area contributed by atoms with Gasteiger partial charge in [-0.15, -0.1) is 0 Å². The fraction of sp³-hybridized carbons (Fsp3) is 0.429.